The number of fused-ring (bicyclic) bond motifs is 1. The van der Waals surface area contributed by atoms with Gasteiger partial charge in [-0.15, -0.1) is 0 Å². The van der Waals surface area contributed by atoms with Gasteiger partial charge in [-0.1, -0.05) is 18.2 Å². The van der Waals surface area contributed by atoms with E-state index in [9.17, 15) is 9.59 Å². The van der Waals surface area contributed by atoms with Gasteiger partial charge in [0.15, 0.2) is 0 Å². The number of rotatable bonds is 5. The van der Waals surface area contributed by atoms with Crippen molar-refractivity contribution in [3.63, 3.8) is 0 Å². The third-order valence-corrected chi connectivity index (χ3v) is 3.00. The molecule has 6 heteroatoms. The van der Waals surface area contributed by atoms with Crippen molar-refractivity contribution >= 4 is 28.7 Å². The lowest BCUT2D eigenvalue weighted by Crippen LogP contribution is -2.36. The van der Waals surface area contributed by atoms with Crippen LogP contribution in [-0.2, 0) is 19.1 Å². The van der Waals surface area contributed by atoms with E-state index in [0.717, 1.165) is 10.9 Å². The Bertz CT molecular complexity index is 639. The summed E-state index contributed by atoms with van der Waals surface area (Å²) in [7, 11) is 2.60. The third kappa shape index (κ3) is 3.68. The van der Waals surface area contributed by atoms with Gasteiger partial charge >= 0.3 is 11.9 Å². The van der Waals surface area contributed by atoms with Crippen molar-refractivity contribution in [2.24, 2.45) is 0 Å². The molecule has 0 fully saturated rings. The standard InChI is InChI=1S/C15H16N2O4/c1-20-14(18)9-17(10-15(19)21-2)13-8-7-11-5-3-4-6-12(11)16-13/h3-8H,9-10H2,1-2H3. The Labute approximate surface area is 122 Å². The van der Waals surface area contributed by atoms with Crippen molar-refractivity contribution in [1.82, 2.24) is 4.98 Å². The minimum Gasteiger partial charge on any atom is -0.468 e. The molecule has 0 amide bonds. The molecule has 0 N–H and O–H groups in total. The Hall–Kier alpha value is -2.63. The fourth-order valence-electron chi connectivity index (χ4n) is 1.89. The highest BCUT2D eigenvalue weighted by Crippen LogP contribution is 2.17. The average molecular weight is 288 g/mol. The number of hydrogen-bond donors (Lipinski definition) is 0. The van der Waals surface area contributed by atoms with Crippen LogP contribution < -0.4 is 4.90 Å². The largest absolute Gasteiger partial charge is 0.468 e. The minimum absolute atomic E-state index is 0.0725. The normalized spacial score (nSPS) is 10.2. The lowest BCUT2D eigenvalue weighted by Gasteiger charge is -2.21. The molecule has 6 nitrogen and oxygen atoms in total. The molecule has 110 valence electrons. The van der Waals surface area contributed by atoms with Crippen LogP contribution in [-0.4, -0.2) is 44.2 Å². The van der Waals surface area contributed by atoms with Crippen LogP contribution in [0, 0.1) is 0 Å². The molecular weight excluding hydrogens is 272 g/mol. The first kappa shape index (κ1) is 14.8. The quantitative estimate of drug-likeness (QED) is 0.774. The zero-order chi connectivity index (χ0) is 15.2. The van der Waals surface area contributed by atoms with Gasteiger partial charge in [-0.25, -0.2) is 4.98 Å². The molecule has 0 aliphatic heterocycles. The van der Waals surface area contributed by atoms with Crippen LogP contribution in [0.1, 0.15) is 0 Å². The lowest BCUT2D eigenvalue weighted by atomic mass is 10.2. The molecule has 0 radical (unpaired) electrons. The molecule has 0 bridgehead atoms. The number of carbonyl (C=O) groups excluding carboxylic acids is 2. The minimum atomic E-state index is -0.450. The second-order valence-corrected chi connectivity index (χ2v) is 4.37. The summed E-state index contributed by atoms with van der Waals surface area (Å²) in [5.74, 6) is -0.382. The molecule has 0 saturated heterocycles. The number of hydrogen-bond acceptors (Lipinski definition) is 6. The van der Waals surface area contributed by atoms with Crippen LogP contribution in [0.4, 0.5) is 5.82 Å². The van der Waals surface area contributed by atoms with Gasteiger partial charge in [-0.3, -0.25) is 9.59 Å². The van der Waals surface area contributed by atoms with Crippen LogP contribution >= 0.6 is 0 Å². The number of aromatic nitrogens is 1. The van der Waals surface area contributed by atoms with E-state index in [1.165, 1.54) is 19.1 Å². The zero-order valence-corrected chi connectivity index (χ0v) is 11.9. The van der Waals surface area contributed by atoms with Gasteiger partial charge in [0, 0.05) is 5.39 Å². The Morgan fingerprint density at radius 3 is 2.24 bits per heavy atom. The maximum Gasteiger partial charge on any atom is 0.325 e. The number of esters is 2. The van der Waals surface area contributed by atoms with Crippen molar-refractivity contribution in [3.05, 3.63) is 36.4 Å². The molecule has 0 spiro atoms. The number of methoxy groups -OCH3 is 2. The number of carbonyl (C=O) groups is 2. The molecule has 1 aromatic heterocycles. The van der Waals surface area contributed by atoms with Crippen molar-refractivity contribution in [3.8, 4) is 0 Å². The van der Waals surface area contributed by atoms with Crippen molar-refractivity contribution in [2.75, 3.05) is 32.2 Å². The Morgan fingerprint density at radius 1 is 1.00 bits per heavy atom. The Balaban J connectivity index is 2.32. The first-order valence-electron chi connectivity index (χ1n) is 6.38. The molecule has 0 aliphatic carbocycles. The van der Waals surface area contributed by atoms with E-state index in [0.29, 0.717) is 5.82 Å². The van der Waals surface area contributed by atoms with Crippen molar-refractivity contribution in [1.29, 1.82) is 0 Å². The highest BCUT2D eigenvalue weighted by Gasteiger charge is 2.17. The van der Waals surface area contributed by atoms with Crippen LogP contribution in [0.2, 0.25) is 0 Å². The second kappa shape index (κ2) is 6.69. The van der Waals surface area contributed by atoms with Crippen LogP contribution in [0.15, 0.2) is 36.4 Å². The average Bonchev–Trinajstić information content (AvgIpc) is 2.53. The lowest BCUT2D eigenvalue weighted by molar-refractivity contribution is -0.140. The Morgan fingerprint density at radius 2 is 1.62 bits per heavy atom. The maximum atomic E-state index is 11.5. The number of para-hydroxylation sites is 1. The summed E-state index contributed by atoms with van der Waals surface area (Å²) in [6.45, 7) is -0.145. The maximum absolute atomic E-state index is 11.5. The monoisotopic (exact) mass is 288 g/mol. The van der Waals surface area contributed by atoms with E-state index in [2.05, 4.69) is 14.5 Å². The van der Waals surface area contributed by atoms with Crippen LogP contribution in [0.3, 0.4) is 0 Å². The fraction of sp³-hybridized carbons (Fsp3) is 0.267. The van der Waals surface area contributed by atoms with Gasteiger partial charge in [0.25, 0.3) is 0 Å². The van der Waals surface area contributed by atoms with Gasteiger partial charge in [-0.2, -0.15) is 0 Å². The van der Waals surface area contributed by atoms with Gasteiger partial charge in [0.05, 0.1) is 19.7 Å². The SMILES string of the molecule is COC(=O)CN(CC(=O)OC)c1ccc2ccccc2n1. The molecule has 1 heterocycles. The van der Waals surface area contributed by atoms with Crippen LogP contribution in [0.5, 0.6) is 0 Å². The number of anilines is 1. The summed E-state index contributed by atoms with van der Waals surface area (Å²) >= 11 is 0. The summed E-state index contributed by atoms with van der Waals surface area (Å²) in [6.07, 6.45) is 0. The molecule has 21 heavy (non-hydrogen) atoms. The van der Waals surface area contributed by atoms with E-state index in [1.54, 1.807) is 6.07 Å². The van der Waals surface area contributed by atoms with Gasteiger partial charge in [0.2, 0.25) is 0 Å². The molecular formula is C15H16N2O4. The molecule has 0 saturated carbocycles. The summed E-state index contributed by atoms with van der Waals surface area (Å²) in [6, 6.07) is 11.3. The van der Waals surface area contributed by atoms with E-state index in [1.807, 2.05) is 30.3 Å². The summed E-state index contributed by atoms with van der Waals surface area (Å²) in [5.41, 5.74) is 0.787. The summed E-state index contributed by atoms with van der Waals surface area (Å²) in [4.78, 5) is 28.9. The number of benzene rings is 1. The summed E-state index contributed by atoms with van der Waals surface area (Å²) in [5, 5.41) is 0.984. The molecule has 2 aromatic rings. The van der Waals surface area contributed by atoms with Gasteiger partial charge in [-0.05, 0) is 18.2 Å². The van der Waals surface area contributed by atoms with Crippen LogP contribution in [0.25, 0.3) is 10.9 Å². The molecule has 0 unspecified atom stereocenters. The molecule has 1 aromatic carbocycles. The van der Waals surface area contributed by atoms with E-state index in [-0.39, 0.29) is 13.1 Å². The number of pyridine rings is 1. The highest BCUT2D eigenvalue weighted by molar-refractivity contribution is 5.84. The zero-order valence-electron chi connectivity index (χ0n) is 11.9. The smallest absolute Gasteiger partial charge is 0.325 e. The molecule has 0 atom stereocenters. The third-order valence-electron chi connectivity index (χ3n) is 3.00. The van der Waals surface area contributed by atoms with E-state index < -0.39 is 11.9 Å². The fourth-order valence-corrected chi connectivity index (χ4v) is 1.89. The topological polar surface area (TPSA) is 68.7 Å². The Kier molecular flexibility index (Phi) is 4.71. The second-order valence-electron chi connectivity index (χ2n) is 4.37. The van der Waals surface area contributed by atoms with E-state index >= 15 is 0 Å². The van der Waals surface area contributed by atoms with Crippen molar-refractivity contribution in [2.45, 2.75) is 0 Å². The highest BCUT2D eigenvalue weighted by atomic mass is 16.5. The first-order chi connectivity index (χ1) is 10.1. The van der Waals surface area contributed by atoms with Crippen molar-refractivity contribution < 1.29 is 19.1 Å². The summed E-state index contributed by atoms with van der Waals surface area (Å²) < 4.78 is 9.29. The molecule has 0 aliphatic rings. The molecule has 2 rings (SSSR count). The predicted molar refractivity (Wildman–Crippen MR) is 78.0 cm³/mol. The predicted octanol–water partition coefficient (Wildman–Crippen LogP) is 1.39. The number of nitrogens with zero attached hydrogens (tertiary/aromatic N) is 2. The van der Waals surface area contributed by atoms with E-state index in [4.69, 9.17) is 0 Å². The number of ether oxygens (including phenoxy) is 2. The van der Waals surface area contributed by atoms with Gasteiger partial charge in [0.1, 0.15) is 18.9 Å². The van der Waals surface area contributed by atoms with Gasteiger partial charge < -0.3 is 14.4 Å². The first-order valence-corrected chi connectivity index (χ1v) is 6.38.